The lowest BCUT2D eigenvalue weighted by molar-refractivity contribution is 0.0288. The van der Waals surface area contributed by atoms with E-state index in [-0.39, 0.29) is 41.1 Å². The number of hydrogen-bond donors (Lipinski definition) is 3. The van der Waals surface area contributed by atoms with Crippen LogP contribution in [0.5, 0.6) is 0 Å². The predicted octanol–water partition coefficient (Wildman–Crippen LogP) is 7.24. The van der Waals surface area contributed by atoms with Crippen LogP contribution in [0.2, 0.25) is 0 Å². The van der Waals surface area contributed by atoms with Crippen molar-refractivity contribution >= 4 is 23.9 Å². The molecule has 8 rings (SSSR count). The molecule has 2 aliphatic rings. The quantitative estimate of drug-likeness (QED) is 0.115. The molecule has 3 amide bonds. The minimum Gasteiger partial charge on any atom is -0.475 e. The molecule has 63 heavy (non-hydrogen) atoms. The smallest absolute Gasteiger partial charge is 0.410 e. The highest BCUT2D eigenvalue weighted by Crippen LogP contribution is 2.22. The van der Waals surface area contributed by atoms with Gasteiger partial charge in [-0.05, 0) is 81.8 Å². The Hall–Kier alpha value is -7.74. The van der Waals surface area contributed by atoms with Gasteiger partial charge in [-0.1, -0.05) is 54.6 Å². The third kappa shape index (κ3) is 13.1. The summed E-state index contributed by atoms with van der Waals surface area (Å²) in [4.78, 5) is 62.5. The number of oxazole rings is 3. The Morgan fingerprint density at radius 1 is 0.683 bits per heavy atom. The number of carboxylic acid groups (broad SMARTS) is 1. The molecule has 6 aromatic rings. The number of nitriles is 1. The minimum absolute atomic E-state index is 0.149. The number of hydrogen-bond acceptors (Lipinski definition) is 13. The third-order valence-corrected chi connectivity index (χ3v) is 9.71. The average molecular weight is 857 g/mol. The number of rotatable bonds is 10. The van der Waals surface area contributed by atoms with Gasteiger partial charge in [0, 0.05) is 56.0 Å². The summed E-state index contributed by atoms with van der Waals surface area (Å²) in [5.41, 5.74) is 1.91. The van der Waals surface area contributed by atoms with Gasteiger partial charge >= 0.3 is 12.1 Å². The van der Waals surface area contributed by atoms with E-state index in [0.29, 0.717) is 56.3 Å². The molecule has 3 N–H and O–H groups in total. The number of carbonyl (C=O) groups is 4. The third-order valence-electron chi connectivity index (χ3n) is 9.71. The van der Waals surface area contributed by atoms with Crippen molar-refractivity contribution in [2.75, 3.05) is 39.3 Å². The van der Waals surface area contributed by atoms with Crippen molar-refractivity contribution in [2.24, 2.45) is 11.8 Å². The molecule has 2 atom stereocenters. The van der Waals surface area contributed by atoms with Crippen molar-refractivity contribution in [3.05, 3.63) is 127 Å². The molecule has 3 aromatic heterocycles. The number of carbonyl (C=O) groups excluding carboxylic acids is 3. The van der Waals surface area contributed by atoms with E-state index >= 15 is 0 Å². The van der Waals surface area contributed by atoms with Crippen LogP contribution in [-0.2, 0) is 4.74 Å². The summed E-state index contributed by atoms with van der Waals surface area (Å²) in [6, 6.07) is 28.0. The van der Waals surface area contributed by atoms with E-state index in [1.807, 2.05) is 99.6 Å². The predicted molar refractivity (Wildman–Crippen MR) is 229 cm³/mol. The Balaban J connectivity index is 0.000000165. The van der Waals surface area contributed by atoms with Crippen molar-refractivity contribution in [1.29, 1.82) is 5.26 Å². The number of nitrogens with zero attached hydrogens (tertiary/aromatic N) is 6. The first-order valence-corrected chi connectivity index (χ1v) is 20.3. The fourth-order valence-electron chi connectivity index (χ4n) is 6.50. The molecule has 3 aromatic carbocycles. The fourth-order valence-corrected chi connectivity index (χ4v) is 6.50. The van der Waals surface area contributed by atoms with Gasteiger partial charge in [0.15, 0.2) is 6.19 Å². The molecular weight excluding hydrogens is 809 g/mol. The van der Waals surface area contributed by atoms with Crippen molar-refractivity contribution in [3.63, 3.8) is 0 Å². The monoisotopic (exact) mass is 856 g/mol. The number of ether oxygens (including phenoxy) is 1. The Labute approximate surface area is 363 Å². The van der Waals surface area contributed by atoms with Gasteiger partial charge in [-0.25, -0.2) is 24.5 Å². The number of aromatic nitrogens is 3. The highest BCUT2D eigenvalue weighted by molar-refractivity contribution is 5.92. The summed E-state index contributed by atoms with van der Waals surface area (Å²) < 4.78 is 21.5. The normalized spacial score (nSPS) is 15.5. The second-order valence-corrected chi connectivity index (χ2v) is 15.7. The molecule has 326 valence electrons. The van der Waals surface area contributed by atoms with Crippen LogP contribution in [0.1, 0.15) is 65.3 Å². The van der Waals surface area contributed by atoms with Gasteiger partial charge in [0.25, 0.3) is 11.8 Å². The Bertz CT molecular complexity index is 2470. The van der Waals surface area contributed by atoms with Gasteiger partial charge in [0.05, 0.1) is 18.6 Å². The molecule has 17 heteroatoms. The molecule has 2 saturated heterocycles. The maximum absolute atomic E-state index is 12.3. The van der Waals surface area contributed by atoms with Crippen molar-refractivity contribution in [2.45, 2.75) is 39.2 Å². The Kier molecular flexibility index (Phi) is 15.1. The van der Waals surface area contributed by atoms with Crippen molar-refractivity contribution < 1.29 is 42.3 Å². The Morgan fingerprint density at radius 2 is 1.10 bits per heavy atom. The zero-order valence-electron chi connectivity index (χ0n) is 35.1. The SMILES string of the molecule is CC(C)(C)OC(=O)N1CCC(CNC(=O)c2cnc(-c3ccccc3)o2)C1.N#CN1CCC(CNC(=O)c2cnc(-c3ccccc3)o2)C1.O=C(O)c1cnc(-c2ccccc2)o1. The Morgan fingerprint density at radius 3 is 1.49 bits per heavy atom. The standard InChI is InChI=1S/C20H25N3O4.C16H16N4O2.C10H7NO3/c1-20(2,3)27-19(25)23-10-9-14(13-23)11-21-17(24)16-12-22-18(26-16)15-7-5-4-6-8-15;17-11-20-7-6-12(10-20)8-18-15(21)14-9-19-16(22-14)13-4-2-1-3-5-13;12-10(13)8-6-11-9(14-8)7-4-2-1-3-5-7/h4-8,12,14H,9-11,13H2,1-3H3,(H,21,24);1-5,9,12H,6-8,10H2,(H,18,21);1-6H,(H,12,13). The molecule has 0 aliphatic carbocycles. The summed E-state index contributed by atoms with van der Waals surface area (Å²) in [7, 11) is 0. The summed E-state index contributed by atoms with van der Waals surface area (Å²) in [6.45, 7) is 9.22. The van der Waals surface area contributed by atoms with E-state index in [0.717, 1.165) is 36.1 Å². The molecule has 2 fully saturated rings. The summed E-state index contributed by atoms with van der Waals surface area (Å²) in [5.74, 6) is 0.208. The van der Waals surface area contributed by atoms with E-state index < -0.39 is 11.6 Å². The van der Waals surface area contributed by atoms with Gasteiger partial charge in [-0.3, -0.25) is 9.59 Å². The van der Waals surface area contributed by atoms with Gasteiger partial charge in [0.2, 0.25) is 35.0 Å². The first-order chi connectivity index (χ1) is 30.3. The van der Waals surface area contributed by atoms with Crippen LogP contribution in [0.15, 0.2) is 123 Å². The minimum atomic E-state index is -1.11. The number of benzene rings is 3. The van der Waals surface area contributed by atoms with Crippen LogP contribution >= 0.6 is 0 Å². The molecule has 0 spiro atoms. The van der Waals surface area contributed by atoms with E-state index in [1.165, 1.54) is 18.6 Å². The number of aromatic carboxylic acids is 1. The molecular formula is C46H48N8O9. The van der Waals surface area contributed by atoms with Gasteiger partial charge in [-0.2, -0.15) is 5.26 Å². The van der Waals surface area contributed by atoms with Crippen molar-refractivity contribution in [3.8, 4) is 40.6 Å². The van der Waals surface area contributed by atoms with Crippen LogP contribution in [0, 0.1) is 23.3 Å². The highest BCUT2D eigenvalue weighted by atomic mass is 16.6. The fraction of sp³-hybridized carbons (Fsp3) is 0.304. The van der Waals surface area contributed by atoms with Crippen LogP contribution in [0.3, 0.4) is 0 Å². The lowest BCUT2D eigenvalue weighted by Crippen LogP contribution is -2.36. The van der Waals surface area contributed by atoms with Crippen LogP contribution in [-0.4, -0.2) is 98.6 Å². The highest BCUT2D eigenvalue weighted by Gasteiger charge is 2.30. The first kappa shape index (κ1) is 44.8. The number of nitrogens with one attached hydrogen (secondary N) is 2. The summed E-state index contributed by atoms with van der Waals surface area (Å²) >= 11 is 0. The lowest BCUT2D eigenvalue weighted by atomic mass is 10.1. The van der Waals surface area contributed by atoms with E-state index in [2.05, 4.69) is 31.8 Å². The molecule has 0 radical (unpaired) electrons. The van der Waals surface area contributed by atoms with Gasteiger partial charge in [-0.15, -0.1) is 0 Å². The molecule has 2 aliphatic heterocycles. The van der Waals surface area contributed by atoms with Crippen LogP contribution < -0.4 is 10.6 Å². The van der Waals surface area contributed by atoms with Crippen molar-refractivity contribution in [1.82, 2.24) is 35.4 Å². The average Bonchev–Trinajstić information content (AvgIpc) is 4.16. The summed E-state index contributed by atoms with van der Waals surface area (Å²) in [5, 5.41) is 23.1. The summed E-state index contributed by atoms with van der Waals surface area (Å²) in [6.07, 6.45) is 7.63. The topological polar surface area (TPSA) is 230 Å². The lowest BCUT2D eigenvalue weighted by Gasteiger charge is -2.24. The second-order valence-electron chi connectivity index (χ2n) is 15.7. The first-order valence-electron chi connectivity index (χ1n) is 20.3. The molecule has 17 nitrogen and oxygen atoms in total. The van der Waals surface area contributed by atoms with E-state index in [9.17, 15) is 19.2 Å². The number of likely N-dealkylation sites (tertiary alicyclic amines) is 2. The van der Waals surface area contributed by atoms with Crippen LogP contribution in [0.4, 0.5) is 4.79 Å². The molecule has 0 saturated carbocycles. The molecule has 2 unspecified atom stereocenters. The molecule has 0 bridgehead atoms. The van der Waals surface area contributed by atoms with E-state index in [4.69, 9.17) is 28.4 Å². The number of carboxylic acids is 1. The molecule has 5 heterocycles. The second kappa shape index (κ2) is 21.2. The van der Waals surface area contributed by atoms with Crippen LogP contribution in [0.25, 0.3) is 34.4 Å². The van der Waals surface area contributed by atoms with Gasteiger partial charge < -0.3 is 43.5 Å². The number of amides is 3. The zero-order valence-corrected chi connectivity index (χ0v) is 35.1. The van der Waals surface area contributed by atoms with E-state index in [1.54, 1.807) is 21.9 Å². The maximum atomic E-state index is 12.3. The largest absolute Gasteiger partial charge is 0.475 e. The zero-order chi connectivity index (χ0) is 44.8. The maximum Gasteiger partial charge on any atom is 0.410 e. The van der Waals surface area contributed by atoms with Gasteiger partial charge in [0.1, 0.15) is 5.60 Å².